The highest BCUT2D eigenvalue weighted by Crippen LogP contribution is 2.12. The number of aliphatic hydroxyl groups is 1. The molecule has 0 aliphatic carbocycles. The van der Waals surface area contributed by atoms with Gasteiger partial charge in [0.2, 0.25) is 0 Å². The van der Waals surface area contributed by atoms with E-state index in [1.807, 2.05) is 26.0 Å². The molecule has 0 fully saturated rings. The van der Waals surface area contributed by atoms with Crippen LogP contribution in [0.5, 0.6) is 0 Å². The number of carbonyl (C=O) groups excluding carboxylic acids is 1. The quantitative estimate of drug-likeness (QED) is 0.787. The highest BCUT2D eigenvalue weighted by Gasteiger charge is 2.09. The SMILES string of the molecule is Cc1cccc(C(=O)NC[C@@H](C)O)c1C. The number of hydrogen-bond acceptors (Lipinski definition) is 2. The average molecular weight is 207 g/mol. The number of rotatable bonds is 3. The Balaban J connectivity index is 2.78. The first kappa shape index (κ1) is 11.7. The molecule has 1 aromatic carbocycles. The summed E-state index contributed by atoms with van der Waals surface area (Å²) in [6.45, 7) is 5.82. The van der Waals surface area contributed by atoms with Crippen LogP contribution in [0.25, 0.3) is 0 Å². The predicted octanol–water partition coefficient (Wildman–Crippen LogP) is 1.41. The standard InChI is InChI=1S/C12H17NO2/c1-8-5-4-6-11(10(8)3)12(15)13-7-9(2)14/h4-6,9,14H,7H2,1-3H3,(H,13,15)/t9-/m1/s1. The molecular formula is C12H17NO2. The van der Waals surface area contributed by atoms with E-state index < -0.39 is 6.10 Å². The molecule has 0 unspecified atom stereocenters. The zero-order chi connectivity index (χ0) is 11.4. The first-order chi connectivity index (χ1) is 7.02. The third-order valence-corrected chi connectivity index (χ3v) is 2.41. The summed E-state index contributed by atoms with van der Waals surface area (Å²) in [4.78, 5) is 11.7. The number of aliphatic hydroxyl groups excluding tert-OH is 1. The number of aryl methyl sites for hydroxylation is 1. The maximum absolute atomic E-state index is 11.7. The van der Waals surface area contributed by atoms with Gasteiger partial charge in [0.1, 0.15) is 0 Å². The Morgan fingerprint density at radius 1 is 1.47 bits per heavy atom. The molecule has 3 nitrogen and oxygen atoms in total. The predicted molar refractivity (Wildman–Crippen MR) is 59.9 cm³/mol. The summed E-state index contributed by atoms with van der Waals surface area (Å²) in [5, 5.41) is 11.7. The van der Waals surface area contributed by atoms with E-state index in [1.165, 1.54) is 0 Å². The van der Waals surface area contributed by atoms with Crippen LogP contribution in [0.1, 0.15) is 28.4 Å². The Morgan fingerprint density at radius 2 is 2.13 bits per heavy atom. The van der Waals surface area contributed by atoms with Crippen molar-refractivity contribution in [2.45, 2.75) is 26.9 Å². The van der Waals surface area contributed by atoms with Crippen LogP contribution in [0.4, 0.5) is 0 Å². The molecule has 82 valence electrons. The van der Waals surface area contributed by atoms with Gasteiger partial charge in [0.25, 0.3) is 5.91 Å². The summed E-state index contributed by atoms with van der Waals surface area (Å²) < 4.78 is 0. The van der Waals surface area contributed by atoms with E-state index in [0.29, 0.717) is 5.56 Å². The minimum Gasteiger partial charge on any atom is -0.392 e. The molecule has 3 heteroatoms. The van der Waals surface area contributed by atoms with Crippen LogP contribution in [0.2, 0.25) is 0 Å². The maximum Gasteiger partial charge on any atom is 0.251 e. The fourth-order valence-electron chi connectivity index (χ4n) is 1.33. The lowest BCUT2D eigenvalue weighted by molar-refractivity contribution is 0.0923. The molecule has 0 saturated carbocycles. The summed E-state index contributed by atoms with van der Waals surface area (Å²) in [7, 11) is 0. The fourth-order valence-corrected chi connectivity index (χ4v) is 1.33. The van der Waals surface area contributed by atoms with Gasteiger partial charge in [0.15, 0.2) is 0 Å². The van der Waals surface area contributed by atoms with Crippen LogP contribution in [0.3, 0.4) is 0 Å². The number of carbonyl (C=O) groups is 1. The van der Waals surface area contributed by atoms with Crippen LogP contribution in [-0.2, 0) is 0 Å². The Bertz CT molecular complexity index is 359. The van der Waals surface area contributed by atoms with Crippen LogP contribution >= 0.6 is 0 Å². The van der Waals surface area contributed by atoms with Gasteiger partial charge in [-0.3, -0.25) is 4.79 Å². The molecule has 2 N–H and O–H groups in total. The van der Waals surface area contributed by atoms with Gasteiger partial charge >= 0.3 is 0 Å². The number of benzene rings is 1. The maximum atomic E-state index is 11.7. The van der Waals surface area contributed by atoms with Crippen LogP contribution in [0, 0.1) is 13.8 Å². The van der Waals surface area contributed by atoms with Gasteiger partial charge in [-0.2, -0.15) is 0 Å². The zero-order valence-corrected chi connectivity index (χ0v) is 9.37. The Labute approximate surface area is 90.1 Å². The van der Waals surface area contributed by atoms with Crippen LogP contribution < -0.4 is 5.32 Å². The average Bonchev–Trinajstić information content (AvgIpc) is 2.18. The summed E-state index contributed by atoms with van der Waals surface area (Å²) in [5.74, 6) is -0.128. The van der Waals surface area contributed by atoms with Gasteiger partial charge in [-0.15, -0.1) is 0 Å². The van der Waals surface area contributed by atoms with Gasteiger partial charge < -0.3 is 10.4 Å². The molecule has 1 aromatic rings. The third kappa shape index (κ3) is 3.06. The molecule has 0 aliphatic heterocycles. The Hall–Kier alpha value is -1.35. The molecule has 0 heterocycles. The van der Waals surface area contributed by atoms with Gasteiger partial charge in [0, 0.05) is 12.1 Å². The summed E-state index contributed by atoms with van der Waals surface area (Å²) in [6.07, 6.45) is -0.515. The van der Waals surface area contributed by atoms with E-state index in [4.69, 9.17) is 5.11 Å². The topological polar surface area (TPSA) is 49.3 Å². The molecule has 0 aromatic heterocycles. The molecule has 0 radical (unpaired) electrons. The first-order valence-electron chi connectivity index (χ1n) is 5.05. The largest absolute Gasteiger partial charge is 0.392 e. The molecule has 0 bridgehead atoms. The van der Waals surface area contributed by atoms with Gasteiger partial charge in [0.05, 0.1) is 6.10 Å². The van der Waals surface area contributed by atoms with E-state index in [9.17, 15) is 4.79 Å². The summed E-state index contributed by atoms with van der Waals surface area (Å²) >= 11 is 0. The van der Waals surface area contributed by atoms with Crippen molar-refractivity contribution < 1.29 is 9.90 Å². The first-order valence-corrected chi connectivity index (χ1v) is 5.05. The normalized spacial score (nSPS) is 12.3. The molecule has 0 spiro atoms. The minimum absolute atomic E-state index is 0.128. The third-order valence-electron chi connectivity index (χ3n) is 2.41. The molecule has 1 rings (SSSR count). The molecule has 1 atom stereocenters. The minimum atomic E-state index is -0.515. The fraction of sp³-hybridized carbons (Fsp3) is 0.417. The second kappa shape index (κ2) is 4.94. The number of amides is 1. The van der Waals surface area contributed by atoms with Crippen molar-refractivity contribution in [2.75, 3.05) is 6.54 Å². The number of hydrogen-bond donors (Lipinski definition) is 2. The van der Waals surface area contributed by atoms with Gasteiger partial charge in [-0.25, -0.2) is 0 Å². The summed E-state index contributed by atoms with van der Waals surface area (Å²) in [5.41, 5.74) is 2.76. The van der Waals surface area contributed by atoms with Crippen molar-refractivity contribution in [3.63, 3.8) is 0 Å². The van der Waals surface area contributed by atoms with E-state index in [-0.39, 0.29) is 12.5 Å². The molecular weight excluding hydrogens is 190 g/mol. The van der Waals surface area contributed by atoms with Crippen molar-refractivity contribution in [3.8, 4) is 0 Å². The lowest BCUT2D eigenvalue weighted by Crippen LogP contribution is -2.31. The van der Waals surface area contributed by atoms with Crippen molar-refractivity contribution in [1.82, 2.24) is 5.32 Å². The monoisotopic (exact) mass is 207 g/mol. The van der Waals surface area contributed by atoms with Gasteiger partial charge in [-0.05, 0) is 38.0 Å². The second-order valence-electron chi connectivity index (χ2n) is 3.81. The molecule has 15 heavy (non-hydrogen) atoms. The molecule has 0 aliphatic rings. The number of nitrogens with one attached hydrogen (secondary N) is 1. The molecule has 0 saturated heterocycles. The van der Waals surface area contributed by atoms with E-state index in [2.05, 4.69) is 5.32 Å². The highest BCUT2D eigenvalue weighted by atomic mass is 16.3. The highest BCUT2D eigenvalue weighted by molar-refractivity contribution is 5.95. The summed E-state index contributed by atoms with van der Waals surface area (Å²) in [6, 6.07) is 5.63. The zero-order valence-electron chi connectivity index (χ0n) is 9.37. The lowest BCUT2D eigenvalue weighted by Gasteiger charge is -2.10. The van der Waals surface area contributed by atoms with E-state index in [1.54, 1.807) is 13.0 Å². The van der Waals surface area contributed by atoms with E-state index >= 15 is 0 Å². The Morgan fingerprint density at radius 3 is 2.73 bits per heavy atom. The van der Waals surface area contributed by atoms with Crippen molar-refractivity contribution in [3.05, 3.63) is 34.9 Å². The van der Waals surface area contributed by atoms with Crippen molar-refractivity contribution in [1.29, 1.82) is 0 Å². The lowest BCUT2D eigenvalue weighted by atomic mass is 10.0. The van der Waals surface area contributed by atoms with E-state index in [0.717, 1.165) is 11.1 Å². The van der Waals surface area contributed by atoms with Crippen LogP contribution in [0.15, 0.2) is 18.2 Å². The molecule has 1 amide bonds. The second-order valence-corrected chi connectivity index (χ2v) is 3.81. The Kier molecular flexibility index (Phi) is 3.86. The van der Waals surface area contributed by atoms with Crippen molar-refractivity contribution >= 4 is 5.91 Å². The smallest absolute Gasteiger partial charge is 0.251 e. The van der Waals surface area contributed by atoms with Gasteiger partial charge in [-0.1, -0.05) is 12.1 Å². The van der Waals surface area contributed by atoms with Crippen LogP contribution in [-0.4, -0.2) is 23.7 Å². The van der Waals surface area contributed by atoms with Crippen molar-refractivity contribution in [2.24, 2.45) is 0 Å².